The quantitative estimate of drug-likeness (QED) is 0.533. The standard InChI is InChI=1S/C8H15NO5/c1-8(2,14-3)7(13)9-4-5(10)6(11)12/h5,10H,4H2,1-3H3,(H,9,13)(H,11,12)/t5-/m0/s1. The van der Waals surface area contributed by atoms with Crippen LogP contribution >= 0.6 is 0 Å². The molecule has 14 heavy (non-hydrogen) atoms. The largest absolute Gasteiger partial charge is 0.479 e. The topological polar surface area (TPSA) is 95.9 Å². The molecule has 0 radical (unpaired) electrons. The summed E-state index contributed by atoms with van der Waals surface area (Å²) in [5.41, 5.74) is -1.03. The lowest BCUT2D eigenvalue weighted by molar-refractivity contribution is -0.147. The van der Waals surface area contributed by atoms with E-state index in [0.717, 1.165) is 0 Å². The monoisotopic (exact) mass is 205 g/mol. The van der Waals surface area contributed by atoms with Gasteiger partial charge in [0.05, 0.1) is 6.54 Å². The second-order valence-electron chi connectivity index (χ2n) is 3.28. The summed E-state index contributed by atoms with van der Waals surface area (Å²) in [6.07, 6.45) is -1.59. The zero-order valence-corrected chi connectivity index (χ0v) is 8.40. The maximum absolute atomic E-state index is 11.3. The molecule has 82 valence electrons. The SMILES string of the molecule is COC(C)(C)C(=O)NC[C@H](O)C(=O)O. The molecule has 0 aromatic carbocycles. The zero-order valence-electron chi connectivity index (χ0n) is 8.40. The van der Waals surface area contributed by atoms with Crippen LogP contribution in [0.3, 0.4) is 0 Å². The number of nitrogens with one attached hydrogen (secondary N) is 1. The maximum Gasteiger partial charge on any atom is 0.334 e. The fourth-order valence-corrected chi connectivity index (χ4v) is 0.582. The molecule has 1 atom stereocenters. The first kappa shape index (κ1) is 12.9. The minimum Gasteiger partial charge on any atom is -0.479 e. The summed E-state index contributed by atoms with van der Waals surface area (Å²) in [6.45, 7) is 2.74. The number of hydrogen-bond donors (Lipinski definition) is 3. The maximum atomic E-state index is 11.3. The highest BCUT2D eigenvalue weighted by Gasteiger charge is 2.27. The van der Waals surface area contributed by atoms with Crippen molar-refractivity contribution >= 4 is 11.9 Å². The van der Waals surface area contributed by atoms with Crippen LogP contribution in [0.4, 0.5) is 0 Å². The van der Waals surface area contributed by atoms with Gasteiger partial charge in [-0.3, -0.25) is 4.79 Å². The Labute approximate surface area is 81.9 Å². The van der Waals surface area contributed by atoms with Crippen molar-refractivity contribution in [3.8, 4) is 0 Å². The van der Waals surface area contributed by atoms with Crippen LogP contribution in [0.2, 0.25) is 0 Å². The number of carboxylic acid groups (broad SMARTS) is 1. The second-order valence-corrected chi connectivity index (χ2v) is 3.28. The van der Waals surface area contributed by atoms with E-state index in [4.69, 9.17) is 14.9 Å². The van der Waals surface area contributed by atoms with Gasteiger partial charge >= 0.3 is 5.97 Å². The van der Waals surface area contributed by atoms with Crippen molar-refractivity contribution in [2.24, 2.45) is 0 Å². The number of methoxy groups -OCH3 is 1. The third-order valence-corrected chi connectivity index (χ3v) is 1.80. The third-order valence-electron chi connectivity index (χ3n) is 1.80. The molecule has 0 unspecified atom stereocenters. The highest BCUT2D eigenvalue weighted by Crippen LogP contribution is 2.06. The van der Waals surface area contributed by atoms with Crippen LogP contribution in [0.1, 0.15) is 13.8 Å². The Morgan fingerprint density at radius 2 is 2.00 bits per heavy atom. The fraction of sp³-hybridized carbons (Fsp3) is 0.750. The van der Waals surface area contributed by atoms with Crippen LogP contribution in [0.25, 0.3) is 0 Å². The Kier molecular flexibility index (Phi) is 4.52. The molecule has 0 aromatic rings. The van der Waals surface area contributed by atoms with Gasteiger partial charge in [0, 0.05) is 7.11 Å². The van der Waals surface area contributed by atoms with Crippen LogP contribution in [0, 0.1) is 0 Å². The van der Waals surface area contributed by atoms with E-state index >= 15 is 0 Å². The fourth-order valence-electron chi connectivity index (χ4n) is 0.582. The van der Waals surface area contributed by atoms with Gasteiger partial charge in [0.1, 0.15) is 5.60 Å². The number of hydrogen-bond acceptors (Lipinski definition) is 4. The second kappa shape index (κ2) is 4.92. The van der Waals surface area contributed by atoms with Gasteiger partial charge in [0.2, 0.25) is 0 Å². The summed E-state index contributed by atoms with van der Waals surface area (Å²) in [5.74, 6) is -1.85. The highest BCUT2D eigenvalue weighted by atomic mass is 16.5. The van der Waals surface area contributed by atoms with Gasteiger partial charge in [-0.25, -0.2) is 4.79 Å². The predicted octanol–water partition coefficient (Wildman–Crippen LogP) is -1.03. The van der Waals surface area contributed by atoms with E-state index in [2.05, 4.69) is 5.32 Å². The molecule has 0 saturated carbocycles. The van der Waals surface area contributed by atoms with E-state index in [9.17, 15) is 9.59 Å². The molecular formula is C8H15NO5. The van der Waals surface area contributed by atoms with Gasteiger partial charge in [-0.15, -0.1) is 0 Å². The summed E-state index contributed by atoms with van der Waals surface area (Å²) in [4.78, 5) is 21.5. The molecule has 6 heteroatoms. The first-order valence-electron chi connectivity index (χ1n) is 4.05. The predicted molar refractivity (Wildman–Crippen MR) is 47.7 cm³/mol. The van der Waals surface area contributed by atoms with Crippen LogP contribution in [-0.4, -0.2) is 47.4 Å². The average Bonchev–Trinajstić information content (AvgIpc) is 2.13. The average molecular weight is 205 g/mol. The Hall–Kier alpha value is -1.14. The molecular weight excluding hydrogens is 190 g/mol. The van der Waals surface area contributed by atoms with Crippen LogP contribution in [0.5, 0.6) is 0 Å². The number of carboxylic acids is 1. The van der Waals surface area contributed by atoms with E-state index < -0.39 is 23.6 Å². The molecule has 1 amide bonds. The number of amides is 1. The van der Waals surface area contributed by atoms with Gasteiger partial charge in [0.15, 0.2) is 6.10 Å². The van der Waals surface area contributed by atoms with Gasteiger partial charge < -0.3 is 20.3 Å². The van der Waals surface area contributed by atoms with Crippen molar-refractivity contribution in [3.05, 3.63) is 0 Å². The number of carbonyl (C=O) groups excluding carboxylic acids is 1. The van der Waals surface area contributed by atoms with Crippen LogP contribution < -0.4 is 5.32 Å². The minimum absolute atomic E-state index is 0.332. The van der Waals surface area contributed by atoms with E-state index in [-0.39, 0.29) is 6.54 Å². The van der Waals surface area contributed by atoms with Crippen LogP contribution in [0.15, 0.2) is 0 Å². The summed E-state index contributed by atoms with van der Waals surface area (Å²) in [5, 5.41) is 19.4. The Morgan fingerprint density at radius 3 is 2.36 bits per heavy atom. The number of ether oxygens (including phenoxy) is 1. The smallest absolute Gasteiger partial charge is 0.334 e. The minimum atomic E-state index is -1.59. The van der Waals surface area contributed by atoms with Gasteiger partial charge in [0.25, 0.3) is 5.91 Å². The summed E-state index contributed by atoms with van der Waals surface area (Å²) in [6, 6.07) is 0. The molecule has 0 aliphatic rings. The van der Waals surface area contributed by atoms with Crippen molar-refractivity contribution in [2.75, 3.05) is 13.7 Å². The molecule has 0 saturated heterocycles. The van der Waals surface area contributed by atoms with Crippen molar-refractivity contribution < 1.29 is 24.5 Å². The van der Waals surface area contributed by atoms with Crippen molar-refractivity contribution in [3.63, 3.8) is 0 Å². The third kappa shape index (κ3) is 3.71. The van der Waals surface area contributed by atoms with E-state index in [0.29, 0.717) is 0 Å². The molecule has 0 rings (SSSR count). The van der Waals surface area contributed by atoms with E-state index in [1.165, 1.54) is 21.0 Å². The Balaban J connectivity index is 4.03. The number of carbonyl (C=O) groups is 2. The number of aliphatic hydroxyl groups excluding tert-OH is 1. The first-order chi connectivity index (χ1) is 6.31. The number of aliphatic hydroxyl groups is 1. The van der Waals surface area contributed by atoms with E-state index in [1.54, 1.807) is 0 Å². The van der Waals surface area contributed by atoms with Crippen LogP contribution in [-0.2, 0) is 14.3 Å². The van der Waals surface area contributed by atoms with Crippen molar-refractivity contribution in [1.82, 2.24) is 5.32 Å². The molecule has 0 aromatic heterocycles. The molecule has 0 spiro atoms. The van der Waals surface area contributed by atoms with Gasteiger partial charge in [-0.1, -0.05) is 0 Å². The van der Waals surface area contributed by atoms with Gasteiger partial charge in [-0.2, -0.15) is 0 Å². The Morgan fingerprint density at radius 1 is 1.50 bits per heavy atom. The number of rotatable bonds is 5. The molecule has 3 N–H and O–H groups in total. The molecule has 0 aliphatic heterocycles. The Bertz CT molecular complexity index is 226. The first-order valence-corrected chi connectivity index (χ1v) is 4.05. The summed E-state index contributed by atoms with van der Waals surface area (Å²) >= 11 is 0. The summed E-state index contributed by atoms with van der Waals surface area (Å²) < 4.78 is 4.85. The van der Waals surface area contributed by atoms with Gasteiger partial charge in [-0.05, 0) is 13.8 Å². The molecule has 0 bridgehead atoms. The highest BCUT2D eigenvalue weighted by molar-refractivity contribution is 5.84. The molecule has 0 fully saturated rings. The van der Waals surface area contributed by atoms with Crippen molar-refractivity contribution in [2.45, 2.75) is 25.6 Å². The molecule has 0 aliphatic carbocycles. The lowest BCUT2D eigenvalue weighted by Gasteiger charge is -2.21. The molecule has 0 heterocycles. The van der Waals surface area contributed by atoms with Crippen molar-refractivity contribution in [1.29, 1.82) is 0 Å². The lowest BCUT2D eigenvalue weighted by atomic mass is 10.1. The zero-order chi connectivity index (χ0) is 11.4. The summed E-state index contributed by atoms with van der Waals surface area (Å²) in [7, 11) is 1.37. The number of aliphatic carboxylic acids is 1. The molecule has 6 nitrogen and oxygen atoms in total. The lowest BCUT2D eigenvalue weighted by Crippen LogP contribution is -2.47. The normalized spacial score (nSPS) is 13.4. The van der Waals surface area contributed by atoms with E-state index in [1.807, 2.05) is 0 Å².